The van der Waals surface area contributed by atoms with Crippen molar-refractivity contribution >= 4 is 28.9 Å². The Morgan fingerprint density at radius 2 is 1.96 bits per heavy atom. The molecular weight excluding hydrogens is 308 g/mol. The summed E-state index contributed by atoms with van der Waals surface area (Å²) in [5, 5.41) is 3.63. The summed E-state index contributed by atoms with van der Waals surface area (Å²) in [5.41, 5.74) is 3.42. The van der Waals surface area contributed by atoms with Gasteiger partial charge in [-0.05, 0) is 24.1 Å². The zero-order chi connectivity index (χ0) is 16.4. The molecule has 2 aromatic carbocycles. The quantitative estimate of drug-likeness (QED) is 0.883. The van der Waals surface area contributed by atoms with Gasteiger partial charge in [-0.1, -0.05) is 62.2 Å². The second kappa shape index (κ2) is 6.55. The Morgan fingerprint density at radius 1 is 1.22 bits per heavy atom. The molecule has 0 fully saturated rings. The molecule has 0 saturated carbocycles. The molecule has 1 aliphatic heterocycles. The maximum Gasteiger partial charge on any atom is 0.249 e. The van der Waals surface area contributed by atoms with E-state index in [1.54, 1.807) is 6.07 Å². The molecular formula is C19H19ClN2O. The molecule has 3 nitrogen and oxygen atoms in total. The second-order valence-corrected chi connectivity index (χ2v) is 6.29. The fraction of sp³-hybridized carbons (Fsp3) is 0.263. The number of benzodiazepines with no additional fused rings is 1. The van der Waals surface area contributed by atoms with E-state index in [9.17, 15) is 4.79 Å². The van der Waals surface area contributed by atoms with Crippen LogP contribution < -0.4 is 5.32 Å². The minimum atomic E-state index is -0.401. The van der Waals surface area contributed by atoms with Crippen molar-refractivity contribution in [2.45, 2.75) is 26.3 Å². The molecule has 118 valence electrons. The third-order valence-corrected chi connectivity index (χ3v) is 4.50. The van der Waals surface area contributed by atoms with Crippen LogP contribution in [0.25, 0.3) is 0 Å². The van der Waals surface area contributed by atoms with E-state index in [1.807, 2.05) is 42.5 Å². The van der Waals surface area contributed by atoms with E-state index in [0.29, 0.717) is 5.02 Å². The molecule has 23 heavy (non-hydrogen) atoms. The Hall–Kier alpha value is -2.13. The predicted molar refractivity (Wildman–Crippen MR) is 95.4 cm³/mol. The average molecular weight is 327 g/mol. The summed E-state index contributed by atoms with van der Waals surface area (Å²) >= 11 is 6.18. The summed E-state index contributed by atoms with van der Waals surface area (Å²) in [4.78, 5) is 17.4. The van der Waals surface area contributed by atoms with E-state index in [1.165, 1.54) is 0 Å². The van der Waals surface area contributed by atoms with Crippen LogP contribution in [0.1, 0.15) is 31.4 Å². The molecule has 4 heteroatoms. The molecule has 0 saturated heterocycles. The number of nitrogens with zero attached hydrogens (tertiary/aromatic N) is 1. The number of benzene rings is 2. The summed E-state index contributed by atoms with van der Waals surface area (Å²) < 4.78 is 0. The maximum absolute atomic E-state index is 12.6. The summed E-state index contributed by atoms with van der Waals surface area (Å²) in [6.07, 6.45) is 0.890. The van der Waals surface area contributed by atoms with Crippen LogP contribution in [0, 0.1) is 5.92 Å². The summed E-state index contributed by atoms with van der Waals surface area (Å²) in [6, 6.07) is 15.0. The van der Waals surface area contributed by atoms with Gasteiger partial charge in [0.1, 0.15) is 6.04 Å². The molecule has 1 heterocycles. The first-order valence-electron chi connectivity index (χ1n) is 7.84. The Morgan fingerprint density at radius 3 is 2.65 bits per heavy atom. The molecule has 0 spiro atoms. The molecule has 3 rings (SSSR count). The van der Waals surface area contributed by atoms with Crippen molar-refractivity contribution in [2.75, 3.05) is 5.32 Å². The Kier molecular flexibility index (Phi) is 4.49. The van der Waals surface area contributed by atoms with E-state index in [4.69, 9.17) is 16.6 Å². The lowest BCUT2D eigenvalue weighted by Crippen LogP contribution is -2.31. The molecule has 0 aliphatic carbocycles. The molecule has 2 aromatic rings. The lowest BCUT2D eigenvalue weighted by Gasteiger charge is -2.17. The maximum atomic E-state index is 12.6. The normalized spacial score (nSPS) is 18.5. The van der Waals surface area contributed by atoms with Gasteiger partial charge in [-0.3, -0.25) is 9.79 Å². The highest BCUT2D eigenvalue weighted by Gasteiger charge is 2.29. The molecule has 1 amide bonds. The number of nitrogens with one attached hydrogen (secondary N) is 1. The summed E-state index contributed by atoms with van der Waals surface area (Å²) in [5.74, 6) is 0.104. The lowest BCUT2D eigenvalue weighted by molar-refractivity contribution is -0.118. The number of fused-ring (bicyclic) bond motifs is 1. The van der Waals surface area contributed by atoms with Crippen molar-refractivity contribution in [3.05, 3.63) is 64.7 Å². The van der Waals surface area contributed by atoms with Crippen molar-refractivity contribution in [1.29, 1.82) is 0 Å². The zero-order valence-corrected chi connectivity index (χ0v) is 14.0. The highest BCUT2D eigenvalue weighted by Crippen LogP contribution is 2.29. The monoisotopic (exact) mass is 326 g/mol. The van der Waals surface area contributed by atoms with Gasteiger partial charge >= 0.3 is 0 Å². The van der Waals surface area contributed by atoms with Gasteiger partial charge in [0.25, 0.3) is 0 Å². The minimum Gasteiger partial charge on any atom is -0.324 e. The van der Waals surface area contributed by atoms with Crippen LogP contribution in [0.15, 0.2) is 53.5 Å². The van der Waals surface area contributed by atoms with Gasteiger partial charge in [-0.25, -0.2) is 0 Å². The van der Waals surface area contributed by atoms with Crippen molar-refractivity contribution in [3.63, 3.8) is 0 Å². The van der Waals surface area contributed by atoms with Crippen LogP contribution in [0.5, 0.6) is 0 Å². The fourth-order valence-corrected chi connectivity index (χ4v) is 2.90. The number of carbonyl (C=O) groups excluding carboxylic acids is 1. The van der Waals surface area contributed by atoms with Gasteiger partial charge in [0, 0.05) is 16.1 Å². The van der Waals surface area contributed by atoms with Crippen LogP contribution in [-0.4, -0.2) is 17.7 Å². The second-order valence-electron chi connectivity index (χ2n) is 5.85. The third kappa shape index (κ3) is 3.15. The third-order valence-electron chi connectivity index (χ3n) is 4.26. The molecule has 1 aliphatic rings. The first-order valence-corrected chi connectivity index (χ1v) is 8.22. The molecule has 0 radical (unpaired) electrons. The highest BCUT2D eigenvalue weighted by molar-refractivity contribution is 6.32. The first-order chi connectivity index (χ1) is 11.1. The number of amides is 1. The largest absolute Gasteiger partial charge is 0.324 e. The number of halogens is 1. The van der Waals surface area contributed by atoms with Crippen LogP contribution in [0.3, 0.4) is 0 Å². The number of hydrogen-bond donors (Lipinski definition) is 1. The zero-order valence-electron chi connectivity index (χ0n) is 13.2. The van der Waals surface area contributed by atoms with Gasteiger partial charge < -0.3 is 5.32 Å². The molecule has 1 N–H and O–H groups in total. The van der Waals surface area contributed by atoms with Gasteiger partial charge in [-0.15, -0.1) is 0 Å². The first kappa shape index (κ1) is 15.8. The number of carbonyl (C=O) groups is 1. The van der Waals surface area contributed by atoms with E-state index in [0.717, 1.165) is 28.9 Å². The predicted octanol–water partition coefficient (Wildman–Crippen LogP) is 4.54. The number of anilines is 1. The highest BCUT2D eigenvalue weighted by atomic mass is 35.5. The fourth-order valence-electron chi connectivity index (χ4n) is 2.73. The van der Waals surface area contributed by atoms with Gasteiger partial charge in [-0.2, -0.15) is 0 Å². The van der Waals surface area contributed by atoms with Gasteiger partial charge in [0.15, 0.2) is 0 Å². The van der Waals surface area contributed by atoms with Gasteiger partial charge in [0.2, 0.25) is 5.91 Å². The van der Waals surface area contributed by atoms with E-state index in [2.05, 4.69) is 19.2 Å². The van der Waals surface area contributed by atoms with Crippen LogP contribution in [0.2, 0.25) is 5.02 Å². The van der Waals surface area contributed by atoms with E-state index >= 15 is 0 Å². The van der Waals surface area contributed by atoms with Crippen molar-refractivity contribution in [2.24, 2.45) is 10.9 Å². The van der Waals surface area contributed by atoms with Crippen LogP contribution in [-0.2, 0) is 4.79 Å². The topological polar surface area (TPSA) is 41.5 Å². The number of rotatable bonds is 3. The summed E-state index contributed by atoms with van der Waals surface area (Å²) in [6.45, 7) is 4.13. The lowest BCUT2D eigenvalue weighted by atomic mass is 9.98. The minimum absolute atomic E-state index is 0.0612. The van der Waals surface area contributed by atoms with Gasteiger partial charge in [0.05, 0.1) is 11.4 Å². The molecule has 1 unspecified atom stereocenters. The average Bonchev–Trinajstić information content (AvgIpc) is 2.71. The Balaban J connectivity index is 2.21. The molecule has 0 aromatic heterocycles. The Bertz CT molecular complexity index is 755. The number of hydrogen-bond acceptors (Lipinski definition) is 2. The van der Waals surface area contributed by atoms with E-state index in [-0.39, 0.29) is 11.8 Å². The smallest absolute Gasteiger partial charge is 0.249 e. The Labute approximate surface area is 141 Å². The van der Waals surface area contributed by atoms with Crippen molar-refractivity contribution in [3.8, 4) is 0 Å². The van der Waals surface area contributed by atoms with Crippen molar-refractivity contribution < 1.29 is 4.79 Å². The van der Waals surface area contributed by atoms with Crippen LogP contribution in [0.4, 0.5) is 5.69 Å². The van der Waals surface area contributed by atoms with Crippen LogP contribution >= 0.6 is 11.6 Å². The SMILES string of the molecule is CC[C@H](C)C1N=C(c2ccccc2)c2cc(Cl)ccc2NC1=O. The number of aliphatic imine (C=N–C) groups is 1. The van der Waals surface area contributed by atoms with Crippen molar-refractivity contribution in [1.82, 2.24) is 0 Å². The molecule has 2 atom stereocenters. The molecule has 0 bridgehead atoms. The van der Waals surface area contributed by atoms with E-state index < -0.39 is 6.04 Å². The summed E-state index contributed by atoms with van der Waals surface area (Å²) in [7, 11) is 0. The standard InChI is InChI=1S/C19H19ClN2O/c1-3-12(2)17-19(23)21-16-10-9-14(20)11-15(16)18(22-17)13-7-5-4-6-8-13/h4-12,17H,3H2,1-2H3,(H,21,23)/t12-,17?/m0/s1.